The molecule has 0 aliphatic carbocycles. The average Bonchev–Trinajstić information content (AvgIpc) is 2.16. The van der Waals surface area contributed by atoms with Crippen molar-refractivity contribution in [1.82, 2.24) is 0 Å². The summed E-state index contributed by atoms with van der Waals surface area (Å²) in [5.74, 6) is 0. The van der Waals surface area contributed by atoms with Crippen LogP contribution in [0.15, 0.2) is 35.5 Å². The van der Waals surface area contributed by atoms with Gasteiger partial charge >= 0.3 is 6.18 Å². The van der Waals surface area contributed by atoms with Crippen molar-refractivity contribution < 1.29 is 13.2 Å². The summed E-state index contributed by atoms with van der Waals surface area (Å²) >= 11 is 0. The van der Waals surface area contributed by atoms with E-state index in [1.807, 2.05) is 6.92 Å². The molecule has 0 rings (SSSR count). The standard InChI is InChI=1S/C12H16F3N/c1-3-4-5-11(12(13,14)15)7-6-10(2)8-9-16/h5-9,16H,3-4H2,1-2H3/b7-6-,10-8+,11-5+,16-9?. The van der Waals surface area contributed by atoms with E-state index in [-0.39, 0.29) is 0 Å². The van der Waals surface area contributed by atoms with Crippen LogP contribution in [0.25, 0.3) is 0 Å². The first-order valence-corrected chi connectivity index (χ1v) is 5.04. The summed E-state index contributed by atoms with van der Waals surface area (Å²) in [7, 11) is 0. The Hall–Kier alpha value is -1.32. The molecule has 0 spiro atoms. The van der Waals surface area contributed by atoms with E-state index in [4.69, 9.17) is 5.41 Å². The zero-order valence-corrected chi connectivity index (χ0v) is 9.43. The summed E-state index contributed by atoms with van der Waals surface area (Å²) in [4.78, 5) is 0. The van der Waals surface area contributed by atoms with Crippen LogP contribution in [0.5, 0.6) is 0 Å². The van der Waals surface area contributed by atoms with Gasteiger partial charge in [-0.05, 0) is 25.0 Å². The van der Waals surface area contributed by atoms with Gasteiger partial charge in [-0.25, -0.2) is 0 Å². The lowest BCUT2D eigenvalue weighted by Gasteiger charge is -2.07. The highest BCUT2D eigenvalue weighted by atomic mass is 19.4. The Morgan fingerprint density at radius 3 is 2.31 bits per heavy atom. The van der Waals surface area contributed by atoms with Crippen LogP contribution in [0.1, 0.15) is 26.7 Å². The van der Waals surface area contributed by atoms with Crippen molar-refractivity contribution in [1.29, 1.82) is 5.41 Å². The second kappa shape index (κ2) is 7.04. The minimum Gasteiger partial charge on any atom is -0.309 e. The summed E-state index contributed by atoms with van der Waals surface area (Å²) in [6, 6.07) is 0. The lowest BCUT2D eigenvalue weighted by molar-refractivity contribution is -0.0884. The van der Waals surface area contributed by atoms with Crippen LogP contribution in [0.3, 0.4) is 0 Å². The molecule has 0 fully saturated rings. The third kappa shape index (κ3) is 6.22. The maximum Gasteiger partial charge on any atom is 0.416 e. The molecule has 1 nitrogen and oxygen atoms in total. The highest BCUT2D eigenvalue weighted by molar-refractivity contribution is 5.69. The smallest absolute Gasteiger partial charge is 0.309 e. The molecule has 0 unspecified atom stereocenters. The van der Waals surface area contributed by atoms with Crippen molar-refractivity contribution in [3.63, 3.8) is 0 Å². The van der Waals surface area contributed by atoms with Gasteiger partial charge < -0.3 is 5.41 Å². The van der Waals surface area contributed by atoms with Gasteiger partial charge in [-0.1, -0.05) is 31.6 Å². The van der Waals surface area contributed by atoms with Gasteiger partial charge in [0.25, 0.3) is 0 Å². The average molecular weight is 231 g/mol. The molecule has 90 valence electrons. The van der Waals surface area contributed by atoms with Crippen molar-refractivity contribution in [2.75, 3.05) is 0 Å². The molecule has 0 radical (unpaired) electrons. The van der Waals surface area contributed by atoms with Gasteiger partial charge in [0.2, 0.25) is 0 Å². The van der Waals surface area contributed by atoms with Gasteiger partial charge in [0, 0.05) is 6.21 Å². The highest BCUT2D eigenvalue weighted by Crippen LogP contribution is 2.27. The Morgan fingerprint density at radius 2 is 1.88 bits per heavy atom. The molecule has 0 aromatic heterocycles. The van der Waals surface area contributed by atoms with Crippen molar-refractivity contribution in [3.8, 4) is 0 Å². The molecule has 0 atom stereocenters. The molecule has 1 N–H and O–H groups in total. The van der Waals surface area contributed by atoms with E-state index in [0.29, 0.717) is 18.4 Å². The minimum atomic E-state index is -4.31. The Bertz CT molecular complexity index is 309. The fraction of sp³-hybridized carbons (Fsp3) is 0.417. The molecule has 4 heteroatoms. The first kappa shape index (κ1) is 14.7. The monoisotopic (exact) mass is 231 g/mol. The molecule has 0 aliphatic heterocycles. The number of unbranched alkanes of at least 4 members (excludes halogenated alkanes) is 1. The van der Waals surface area contributed by atoms with Crippen LogP contribution >= 0.6 is 0 Å². The summed E-state index contributed by atoms with van der Waals surface area (Å²) in [5.41, 5.74) is -0.0197. The maximum absolute atomic E-state index is 12.5. The van der Waals surface area contributed by atoms with Crippen LogP contribution < -0.4 is 0 Å². The van der Waals surface area contributed by atoms with E-state index in [1.165, 1.54) is 18.2 Å². The molecular weight excluding hydrogens is 215 g/mol. The van der Waals surface area contributed by atoms with Crippen LogP contribution in [0.4, 0.5) is 13.2 Å². The van der Waals surface area contributed by atoms with Gasteiger partial charge in [-0.3, -0.25) is 0 Å². The first-order valence-electron chi connectivity index (χ1n) is 5.04. The number of hydrogen-bond acceptors (Lipinski definition) is 1. The summed E-state index contributed by atoms with van der Waals surface area (Å²) in [6.07, 6.45) is 2.86. The predicted octanol–water partition coefficient (Wildman–Crippen LogP) is 4.43. The van der Waals surface area contributed by atoms with E-state index < -0.39 is 11.7 Å². The van der Waals surface area contributed by atoms with Gasteiger partial charge in [0.05, 0.1) is 5.57 Å². The summed E-state index contributed by atoms with van der Waals surface area (Å²) < 4.78 is 37.5. The SMILES string of the molecule is CCC\C=C(/C=C\C(C)=C\C=N)C(F)(F)F. The van der Waals surface area contributed by atoms with Crippen LogP contribution in [-0.4, -0.2) is 12.4 Å². The molecule has 0 aliphatic rings. The first-order chi connectivity index (χ1) is 7.41. The second-order valence-corrected chi connectivity index (χ2v) is 3.36. The molecule has 0 aromatic carbocycles. The maximum atomic E-state index is 12.5. The van der Waals surface area contributed by atoms with E-state index in [2.05, 4.69) is 0 Å². The van der Waals surface area contributed by atoms with E-state index >= 15 is 0 Å². The Balaban J connectivity index is 4.82. The molecule has 0 amide bonds. The number of allylic oxidation sites excluding steroid dienone is 6. The van der Waals surface area contributed by atoms with Gasteiger partial charge in [0.1, 0.15) is 0 Å². The Labute approximate surface area is 93.9 Å². The van der Waals surface area contributed by atoms with Crippen molar-refractivity contribution in [2.24, 2.45) is 0 Å². The van der Waals surface area contributed by atoms with E-state index in [0.717, 1.165) is 12.3 Å². The molecule has 0 heterocycles. The Morgan fingerprint density at radius 1 is 1.25 bits per heavy atom. The highest BCUT2D eigenvalue weighted by Gasteiger charge is 2.31. The Kier molecular flexibility index (Phi) is 6.46. The number of alkyl halides is 3. The predicted molar refractivity (Wildman–Crippen MR) is 60.7 cm³/mol. The molecular formula is C12H16F3N. The molecule has 16 heavy (non-hydrogen) atoms. The lowest BCUT2D eigenvalue weighted by atomic mass is 10.1. The van der Waals surface area contributed by atoms with Crippen LogP contribution in [-0.2, 0) is 0 Å². The second-order valence-electron chi connectivity index (χ2n) is 3.36. The van der Waals surface area contributed by atoms with E-state index in [9.17, 15) is 13.2 Å². The lowest BCUT2D eigenvalue weighted by Crippen LogP contribution is -2.09. The van der Waals surface area contributed by atoms with Gasteiger partial charge in [0.15, 0.2) is 0 Å². The third-order valence-corrected chi connectivity index (χ3v) is 1.85. The van der Waals surface area contributed by atoms with Crippen molar-refractivity contribution >= 4 is 6.21 Å². The molecule has 0 saturated carbocycles. The fourth-order valence-corrected chi connectivity index (χ4v) is 0.986. The number of halogens is 3. The van der Waals surface area contributed by atoms with Crippen LogP contribution in [0, 0.1) is 5.41 Å². The minimum absolute atomic E-state index is 0.409. The van der Waals surface area contributed by atoms with E-state index in [1.54, 1.807) is 6.92 Å². The molecule has 0 saturated heterocycles. The molecule has 0 aromatic rings. The van der Waals surface area contributed by atoms with Crippen molar-refractivity contribution in [3.05, 3.63) is 35.5 Å². The quantitative estimate of drug-likeness (QED) is 0.534. The summed E-state index contributed by atoms with van der Waals surface area (Å²) in [6.45, 7) is 3.48. The largest absolute Gasteiger partial charge is 0.416 e. The van der Waals surface area contributed by atoms with Crippen LogP contribution in [0.2, 0.25) is 0 Å². The number of rotatable bonds is 5. The zero-order chi connectivity index (χ0) is 12.6. The molecule has 0 bridgehead atoms. The third-order valence-electron chi connectivity index (χ3n) is 1.85. The fourth-order valence-electron chi connectivity index (χ4n) is 0.986. The van der Waals surface area contributed by atoms with Gasteiger partial charge in [-0.2, -0.15) is 13.2 Å². The zero-order valence-electron chi connectivity index (χ0n) is 9.43. The normalized spacial score (nSPS) is 14.6. The number of hydrogen-bond donors (Lipinski definition) is 1. The van der Waals surface area contributed by atoms with Crippen molar-refractivity contribution in [2.45, 2.75) is 32.9 Å². The summed E-state index contributed by atoms with van der Waals surface area (Å²) in [5, 5.41) is 6.78. The van der Waals surface area contributed by atoms with Gasteiger partial charge in [-0.15, -0.1) is 0 Å². The topological polar surface area (TPSA) is 23.9 Å². The number of nitrogens with one attached hydrogen (secondary N) is 1.